The van der Waals surface area contributed by atoms with E-state index in [0.717, 1.165) is 0 Å². The Kier molecular flexibility index (Phi) is 5.67. The van der Waals surface area contributed by atoms with Gasteiger partial charge in [0.2, 0.25) is 0 Å². The zero-order valence-corrected chi connectivity index (χ0v) is 15.9. The molecule has 0 aliphatic rings. The Balaban J connectivity index is 1.92. The summed E-state index contributed by atoms with van der Waals surface area (Å²) in [5.74, 6) is 0.638. The minimum Gasteiger partial charge on any atom is -0.432 e. The third kappa shape index (κ3) is 4.51. The van der Waals surface area contributed by atoms with Gasteiger partial charge in [-0.15, -0.1) is 0 Å². The zero-order valence-electron chi connectivity index (χ0n) is 14.2. The molecule has 0 saturated heterocycles. The normalized spacial score (nSPS) is 10.9. The number of nitro groups is 2. The Morgan fingerprint density at radius 3 is 1.43 bits per heavy atom. The molecule has 0 spiro atoms. The number of benzene rings is 3. The summed E-state index contributed by atoms with van der Waals surface area (Å²) in [6, 6.07) is 19.9. The van der Waals surface area contributed by atoms with Gasteiger partial charge in [0.05, 0.1) is 15.2 Å². The van der Waals surface area contributed by atoms with E-state index in [1.165, 1.54) is 48.5 Å². The Bertz CT molecular complexity index is 978. The minimum atomic E-state index is -3.10. The van der Waals surface area contributed by atoms with Crippen molar-refractivity contribution < 1.29 is 18.9 Å². The molecule has 0 aromatic heterocycles. The highest BCUT2D eigenvalue weighted by atomic mass is 32.5. The maximum absolute atomic E-state index is 10.8. The van der Waals surface area contributed by atoms with E-state index in [1.807, 2.05) is 6.07 Å². The molecule has 28 heavy (non-hydrogen) atoms. The fourth-order valence-corrected chi connectivity index (χ4v) is 4.74. The van der Waals surface area contributed by atoms with Crippen LogP contribution in [0.5, 0.6) is 11.5 Å². The number of hydrogen-bond donors (Lipinski definition) is 0. The lowest BCUT2D eigenvalue weighted by molar-refractivity contribution is -0.385. The van der Waals surface area contributed by atoms with Crippen molar-refractivity contribution in [3.8, 4) is 11.5 Å². The second-order valence-electron chi connectivity index (χ2n) is 5.52. The highest BCUT2D eigenvalue weighted by Crippen LogP contribution is 2.48. The first kappa shape index (κ1) is 19.5. The smallest absolute Gasteiger partial charge is 0.319 e. The summed E-state index contributed by atoms with van der Waals surface area (Å²) < 4.78 is 11.9. The third-order valence-electron chi connectivity index (χ3n) is 3.62. The number of nitrogens with zero attached hydrogens (tertiary/aromatic N) is 2. The van der Waals surface area contributed by atoms with E-state index in [9.17, 15) is 20.2 Å². The molecule has 3 rings (SSSR count). The maximum Gasteiger partial charge on any atom is 0.319 e. The minimum absolute atomic E-state index is 0.0725. The van der Waals surface area contributed by atoms with Crippen LogP contribution in [0.2, 0.25) is 0 Å². The third-order valence-corrected chi connectivity index (χ3v) is 6.53. The van der Waals surface area contributed by atoms with Crippen molar-refractivity contribution in [1.29, 1.82) is 0 Å². The summed E-state index contributed by atoms with van der Waals surface area (Å²) in [5.41, 5.74) is -0.145. The van der Waals surface area contributed by atoms with Gasteiger partial charge in [-0.3, -0.25) is 20.2 Å². The fraction of sp³-hybridized carbons (Fsp3) is 0. The van der Waals surface area contributed by atoms with Crippen LogP contribution >= 0.6 is 6.49 Å². The molecule has 0 amide bonds. The van der Waals surface area contributed by atoms with Crippen molar-refractivity contribution in [2.75, 3.05) is 0 Å². The molecule has 0 aliphatic heterocycles. The van der Waals surface area contributed by atoms with Crippen LogP contribution < -0.4 is 14.4 Å². The quantitative estimate of drug-likeness (QED) is 0.315. The molecule has 0 aliphatic carbocycles. The second kappa shape index (κ2) is 8.16. The van der Waals surface area contributed by atoms with Crippen LogP contribution in [0.25, 0.3) is 0 Å². The SMILES string of the molecule is O=[N+]([O-])c1ccc(OP(=S)(Oc2ccc([N+](=O)[O-])cc2)c2ccccc2)cc1. The lowest BCUT2D eigenvalue weighted by atomic mass is 10.3. The molecule has 0 unspecified atom stereocenters. The number of non-ortho nitro benzene ring substituents is 2. The van der Waals surface area contributed by atoms with Crippen LogP contribution in [-0.4, -0.2) is 9.85 Å². The molecule has 0 bridgehead atoms. The van der Waals surface area contributed by atoms with E-state index >= 15 is 0 Å². The first-order chi connectivity index (χ1) is 13.4. The molecule has 0 atom stereocenters. The van der Waals surface area contributed by atoms with Gasteiger partial charge >= 0.3 is 6.49 Å². The standard InChI is InChI=1S/C18H13N2O6PS/c21-19(22)14-6-10-16(11-7-14)25-27(28,18-4-2-1-3-5-18)26-17-12-8-15(9-13-17)20(23)24/h1-13H. The Morgan fingerprint density at radius 2 is 1.07 bits per heavy atom. The van der Waals surface area contributed by atoms with Gasteiger partial charge in [0.15, 0.2) is 0 Å². The van der Waals surface area contributed by atoms with Crippen LogP contribution in [0.15, 0.2) is 78.9 Å². The predicted octanol–water partition coefficient (Wildman–Crippen LogP) is 4.60. The van der Waals surface area contributed by atoms with E-state index < -0.39 is 16.3 Å². The highest BCUT2D eigenvalue weighted by Gasteiger charge is 2.26. The monoisotopic (exact) mass is 416 g/mol. The van der Waals surface area contributed by atoms with Gasteiger partial charge < -0.3 is 9.05 Å². The van der Waals surface area contributed by atoms with Crippen LogP contribution in [0, 0.1) is 20.2 Å². The van der Waals surface area contributed by atoms with Gasteiger partial charge in [-0.2, -0.15) is 0 Å². The van der Waals surface area contributed by atoms with Crippen LogP contribution in [-0.2, 0) is 11.8 Å². The lowest BCUT2D eigenvalue weighted by Gasteiger charge is -2.24. The Hall–Kier alpha value is -3.29. The highest BCUT2D eigenvalue weighted by molar-refractivity contribution is 8.13. The average molecular weight is 416 g/mol. The molecular formula is C18H13N2O6PS. The molecule has 0 radical (unpaired) electrons. The first-order valence-electron chi connectivity index (χ1n) is 7.91. The van der Waals surface area contributed by atoms with Gasteiger partial charge in [-0.1, -0.05) is 18.2 Å². The molecule has 0 saturated carbocycles. The van der Waals surface area contributed by atoms with E-state index in [2.05, 4.69) is 0 Å². The molecule has 0 N–H and O–H groups in total. The van der Waals surface area contributed by atoms with Gasteiger partial charge in [-0.25, -0.2) is 0 Å². The van der Waals surface area contributed by atoms with E-state index in [1.54, 1.807) is 24.3 Å². The largest absolute Gasteiger partial charge is 0.432 e. The molecular weight excluding hydrogens is 403 g/mol. The molecule has 3 aromatic rings. The second-order valence-corrected chi connectivity index (χ2v) is 8.84. The van der Waals surface area contributed by atoms with Crippen LogP contribution in [0.4, 0.5) is 11.4 Å². The van der Waals surface area contributed by atoms with Crippen molar-refractivity contribution in [2.45, 2.75) is 0 Å². The number of hydrogen-bond acceptors (Lipinski definition) is 7. The Morgan fingerprint density at radius 1 is 0.679 bits per heavy atom. The Labute approximate surface area is 164 Å². The van der Waals surface area contributed by atoms with E-state index in [0.29, 0.717) is 16.8 Å². The maximum atomic E-state index is 10.8. The summed E-state index contributed by atoms with van der Waals surface area (Å²) >= 11 is 5.70. The molecule has 10 heteroatoms. The van der Waals surface area contributed by atoms with Crippen LogP contribution in [0.3, 0.4) is 0 Å². The van der Waals surface area contributed by atoms with Crippen molar-refractivity contribution in [2.24, 2.45) is 0 Å². The lowest BCUT2D eigenvalue weighted by Crippen LogP contribution is -2.14. The molecule has 142 valence electrons. The topological polar surface area (TPSA) is 105 Å². The number of nitro benzene ring substituents is 2. The first-order valence-corrected chi connectivity index (χ1v) is 10.5. The summed E-state index contributed by atoms with van der Waals surface area (Å²) in [6.45, 7) is -3.10. The zero-order chi connectivity index (χ0) is 20.1. The average Bonchev–Trinajstić information content (AvgIpc) is 2.69. The molecule has 0 heterocycles. The van der Waals surface area contributed by atoms with E-state index in [4.69, 9.17) is 20.9 Å². The molecule has 8 nitrogen and oxygen atoms in total. The van der Waals surface area contributed by atoms with Gasteiger partial charge in [0.25, 0.3) is 11.4 Å². The molecule has 0 fully saturated rings. The predicted molar refractivity (Wildman–Crippen MR) is 108 cm³/mol. The summed E-state index contributed by atoms with van der Waals surface area (Å²) in [4.78, 5) is 20.6. The van der Waals surface area contributed by atoms with Crippen molar-refractivity contribution in [1.82, 2.24) is 0 Å². The van der Waals surface area contributed by atoms with Crippen molar-refractivity contribution in [3.05, 3.63) is 99.1 Å². The molecule has 3 aromatic carbocycles. The van der Waals surface area contributed by atoms with Crippen molar-refractivity contribution in [3.63, 3.8) is 0 Å². The number of rotatable bonds is 7. The fourth-order valence-electron chi connectivity index (χ4n) is 2.27. The van der Waals surface area contributed by atoms with Gasteiger partial charge in [0, 0.05) is 24.3 Å². The van der Waals surface area contributed by atoms with Gasteiger partial charge in [-0.05, 0) is 48.2 Å². The van der Waals surface area contributed by atoms with Gasteiger partial charge in [0.1, 0.15) is 11.5 Å². The van der Waals surface area contributed by atoms with Crippen molar-refractivity contribution >= 4 is 35.0 Å². The van der Waals surface area contributed by atoms with E-state index in [-0.39, 0.29) is 11.4 Å². The summed E-state index contributed by atoms with van der Waals surface area (Å²) in [6.07, 6.45) is 0. The van der Waals surface area contributed by atoms with Crippen LogP contribution in [0.1, 0.15) is 0 Å². The summed E-state index contributed by atoms with van der Waals surface area (Å²) in [5, 5.41) is 22.3. The summed E-state index contributed by atoms with van der Waals surface area (Å²) in [7, 11) is 0.